The number of benzene rings is 1. The van der Waals surface area contributed by atoms with Gasteiger partial charge in [-0.05, 0) is 38.5 Å². The minimum atomic E-state index is -0.996. The molecule has 0 aromatic heterocycles. The summed E-state index contributed by atoms with van der Waals surface area (Å²) in [5, 5.41) is 11.7. The molecule has 1 N–H and O–H groups in total. The average molecular weight is 295 g/mol. The zero-order chi connectivity index (χ0) is 13.1. The quantitative estimate of drug-likeness (QED) is 0.931. The Morgan fingerprint density at radius 2 is 1.94 bits per heavy atom. The molecule has 3 nitrogen and oxygen atoms in total. The maximum absolute atomic E-state index is 11.8. The van der Waals surface area contributed by atoms with E-state index >= 15 is 0 Å². The first-order valence-corrected chi connectivity index (χ1v) is 6.14. The summed E-state index contributed by atoms with van der Waals surface area (Å²) in [6.07, 6.45) is 0. The van der Waals surface area contributed by atoms with Gasteiger partial charge in [-0.2, -0.15) is 5.26 Å². The van der Waals surface area contributed by atoms with Gasteiger partial charge in [-0.15, -0.1) is 0 Å². The van der Waals surface area contributed by atoms with Gasteiger partial charge >= 0.3 is 0 Å². The second kappa shape index (κ2) is 5.33. The van der Waals surface area contributed by atoms with Gasteiger partial charge in [-0.3, -0.25) is 4.79 Å². The molecule has 0 bridgehead atoms. The fourth-order valence-electron chi connectivity index (χ4n) is 1.26. The number of rotatable bonds is 3. The van der Waals surface area contributed by atoms with Crippen LogP contribution in [0.1, 0.15) is 32.4 Å². The van der Waals surface area contributed by atoms with E-state index in [2.05, 4.69) is 21.2 Å². The summed E-state index contributed by atoms with van der Waals surface area (Å²) in [4.78, 5) is 11.8. The van der Waals surface area contributed by atoms with Crippen LogP contribution in [0, 0.1) is 16.7 Å². The van der Waals surface area contributed by atoms with Crippen molar-refractivity contribution < 1.29 is 4.79 Å². The van der Waals surface area contributed by atoms with Crippen LogP contribution in [0.15, 0.2) is 28.7 Å². The first-order chi connectivity index (χ1) is 7.86. The van der Waals surface area contributed by atoms with E-state index in [-0.39, 0.29) is 11.9 Å². The predicted molar refractivity (Wildman–Crippen MR) is 70.1 cm³/mol. The topological polar surface area (TPSA) is 52.9 Å². The van der Waals surface area contributed by atoms with Crippen LogP contribution < -0.4 is 5.32 Å². The number of hydrogen-bond acceptors (Lipinski definition) is 2. The minimum absolute atomic E-state index is 0.108. The Hall–Kier alpha value is -1.34. The third kappa shape index (κ3) is 3.57. The molecule has 1 rings (SSSR count). The Bertz CT molecular complexity index is 445. The summed E-state index contributed by atoms with van der Waals surface area (Å²) in [6.45, 7) is 5.11. The molecule has 1 aromatic carbocycles. The van der Waals surface area contributed by atoms with Crippen LogP contribution >= 0.6 is 15.9 Å². The normalized spacial score (nSPS) is 12.6. The van der Waals surface area contributed by atoms with Crippen molar-refractivity contribution in [2.45, 2.75) is 26.8 Å². The Balaban J connectivity index is 2.74. The van der Waals surface area contributed by atoms with E-state index in [1.807, 2.05) is 37.3 Å². The highest BCUT2D eigenvalue weighted by molar-refractivity contribution is 9.10. The van der Waals surface area contributed by atoms with Crippen LogP contribution in [0.3, 0.4) is 0 Å². The molecule has 17 heavy (non-hydrogen) atoms. The van der Waals surface area contributed by atoms with E-state index in [1.165, 1.54) is 0 Å². The molecule has 0 aliphatic carbocycles. The van der Waals surface area contributed by atoms with Crippen LogP contribution in [0.4, 0.5) is 0 Å². The Labute approximate surface area is 110 Å². The van der Waals surface area contributed by atoms with E-state index in [0.717, 1.165) is 10.0 Å². The molecule has 1 aromatic rings. The van der Waals surface area contributed by atoms with Crippen LogP contribution in [0.25, 0.3) is 0 Å². The first kappa shape index (κ1) is 13.7. The number of carbonyl (C=O) groups is 1. The standard InChI is InChI=1S/C13H15BrN2O/c1-9(10-4-6-11(14)7-5-10)16-12(17)13(2,3)8-15/h4-7,9H,1-3H3,(H,16,17)/t9-/m0/s1. The highest BCUT2D eigenvalue weighted by Gasteiger charge is 2.28. The summed E-state index contributed by atoms with van der Waals surface area (Å²) < 4.78 is 0.997. The largest absolute Gasteiger partial charge is 0.348 e. The number of nitrogens with zero attached hydrogens (tertiary/aromatic N) is 1. The fourth-order valence-corrected chi connectivity index (χ4v) is 1.53. The molecule has 0 heterocycles. The van der Waals surface area contributed by atoms with Gasteiger partial charge in [0, 0.05) is 4.47 Å². The van der Waals surface area contributed by atoms with E-state index in [4.69, 9.17) is 5.26 Å². The smallest absolute Gasteiger partial charge is 0.240 e. The molecule has 1 amide bonds. The van der Waals surface area contributed by atoms with Gasteiger partial charge < -0.3 is 5.32 Å². The van der Waals surface area contributed by atoms with Crippen molar-refractivity contribution >= 4 is 21.8 Å². The lowest BCUT2D eigenvalue weighted by molar-refractivity contribution is -0.127. The summed E-state index contributed by atoms with van der Waals surface area (Å²) in [7, 11) is 0. The zero-order valence-corrected chi connectivity index (χ0v) is 11.7. The maximum Gasteiger partial charge on any atom is 0.240 e. The third-order valence-electron chi connectivity index (χ3n) is 2.56. The monoisotopic (exact) mass is 294 g/mol. The van der Waals surface area contributed by atoms with E-state index < -0.39 is 5.41 Å². The van der Waals surface area contributed by atoms with Gasteiger partial charge in [-0.25, -0.2) is 0 Å². The van der Waals surface area contributed by atoms with E-state index in [1.54, 1.807) is 13.8 Å². The Morgan fingerprint density at radius 1 is 1.41 bits per heavy atom. The third-order valence-corrected chi connectivity index (χ3v) is 3.09. The molecule has 90 valence electrons. The fraction of sp³-hybridized carbons (Fsp3) is 0.385. The van der Waals surface area contributed by atoms with Crippen molar-refractivity contribution in [1.82, 2.24) is 5.32 Å². The number of nitrogens with one attached hydrogen (secondary N) is 1. The van der Waals surface area contributed by atoms with Crippen molar-refractivity contribution in [3.8, 4) is 6.07 Å². The summed E-state index contributed by atoms with van der Waals surface area (Å²) >= 11 is 3.36. The minimum Gasteiger partial charge on any atom is -0.348 e. The lowest BCUT2D eigenvalue weighted by Crippen LogP contribution is -2.37. The lowest BCUT2D eigenvalue weighted by atomic mass is 9.94. The number of nitriles is 1. The van der Waals surface area contributed by atoms with E-state index in [0.29, 0.717) is 0 Å². The van der Waals surface area contributed by atoms with Gasteiger partial charge in [0.2, 0.25) is 5.91 Å². The predicted octanol–water partition coefficient (Wildman–Crippen LogP) is 3.18. The zero-order valence-electron chi connectivity index (χ0n) is 10.1. The van der Waals surface area contributed by atoms with Crippen LogP contribution in [-0.2, 0) is 4.79 Å². The van der Waals surface area contributed by atoms with Crippen LogP contribution in [0.5, 0.6) is 0 Å². The van der Waals surface area contributed by atoms with Gasteiger partial charge in [0.1, 0.15) is 5.41 Å². The molecular formula is C13H15BrN2O. The van der Waals surface area contributed by atoms with Crippen molar-refractivity contribution in [2.24, 2.45) is 5.41 Å². The van der Waals surface area contributed by atoms with Crippen molar-refractivity contribution in [3.63, 3.8) is 0 Å². The highest BCUT2D eigenvalue weighted by Crippen LogP contribution is 2.19. The maximum atomic E-state index is 11.8. The molecule has 0 saturated carbocycles. The van der Waals surface area contributed by atoms with Gasteiger partial charge in [0.15, 0.2) is 0 Å². The van der Waals surface area contributed by atoms with Gasteiger partial charge in [-0.1, -0.05) is 28.1 Å². The summed E-state index contributed by atoms with van der Waals surface area (Å²) in [5.41, 5.74) is 0.0131. The number of hydrogen-bond donors (Lipinski definition) is 1. The second-order valence-corrected chi connectivity index (χ2v) is 5.40. The van der Waals surface area contributed by atoms with Crippen molar-refractivity contribution in [1.29, 1.82) is 5.26 Å². The molecule has 1 atom stereocenters. The molecule has 0 radical (unpaired) electrons. The lowest BCUT2D eigenvalue weighted by Gasteiger charge is -2.20. The number of amides is 1. The molecule has 0 aliphatic heterocycles. The molecule has 0 spiro atoms. The van der Waals surface area contributed by atoms with Gasteiger partial charge in [0.25, 0.3) is 0 Å². The highest BCUT2D eigenvalue weighted by atomic mass is 79.9. The second-order valence-electron chi connectivity index (χ2n) is 4.48. The van der Waals surface area contributed by atoms with Crippen LogP contribution in [0.2, 0.25) is 0 Å². The Morgan fingerprint density at radius 3 is 2.41 bits per heavy atom. The summed E-state index contributed by atoms with van der Waals surface area (Å²) in [6, 6.07) is 9.61. The Kier molecular flexibility index (Phi) is 4.30. The van der Waals surface area contributed by atoms with Gasteiger partial charge in [0.05, 0.1) is 12.1 Å². The molecular weight excluding hydrogens is 280 g/mol. The SMILES string of the molecule is C[C@H](NC(=O)C(C)(C)C#N)c1ccc(Br)cc1. The summed E-state index contributed by atoms with van der Waals surface area (Å²) in [5.74, 6) is -0.254. The van der Waals surface area contributed by atoms with Crippen molar-refractivity contribution in [3.05, 3.63) is 34.3 Å². The van der Waals surface area contributed by atoms with Crippen molar-refractivity contribution in [2.75, 3.05) is 0 Å². The number of carbonyl (C=O) groups excluding carboxylic acids is 1. The molecule has 0 fully saturated rings. The first-order valence-electron chi connectivity index (χ1n) is 5.34. The molecule has 0 aliphatic rings. The van der Waals surface area contributed by atoms with Crippen LogP contribution in [-0.4, -0.2) is 5.91 Å². The molecule has 0 unspecified atom stereocenters. The number of halogens is 1. The average Bonchev–Trinajstić information content (AvgIpc) is 2.29. The molecule has 0 saturated heterocycles. The van der Waals surface area contributed by atoms with E-state index in [9.17, 15) is 4.79 Å². The molecule has 4 heteroatoms.